The van der Waals surface area contributed by atoms with E-state index in [1.807, 2.05) is 31.2 Å². The summed E-state index contributed by atoms with van der Waals surface area (Å²) in [5.41, 5.74) is 1.16. The molecule has 202 valence electrons. The smallest absolute Gasteiger partial charge is 0.416 e. The molecule has 1 N–H and O–H groups in total. The molecule has 3 aromatic carbocycles. The van der Waals surface area contributed by atoms with Gasteiger partial charge in [-0.25, -0.2) is 4.79 Å². The molecule has 0 fully saturated rings. The summed E-state index contributed by atoms with van der Waals surface area (Å²) >= 11 is 0. The van der Waals surface area contributed by atoms with Crippen molar-refractivity contribution in [2.24, 2.45) is 0 Å². The van der Waals surface area contributed by atoms with Crippen molar-refractivity contribution >= 4 is 28.7 Å². The monoisotopic (exact) mass is 536 g/mol. The van der Waals surface area contributed by atoms with Gasteiger partial charge in [0.1, 0.15) is 5.69 Å². The van der Waals surface area contributed by atoms with Crippen LogP contribution in [0.2, 0.25) is 0 Å². The lowest BCUT2D eigenvalue weighted by atomic mass is 10.0. The first-order valence-corrected chi connectivity index (χ1v) is 12.2. The Morgan fingerprint density at radius 1 is 1.00 bits per heavy atom. The Morgan fingerprint density at radius 2 is 1.67 bits per heavy atom. The van der Waals surface area contributed by atoms with Crippen LogP contribution in [0.5, 0.6) is 0 Å². The summed E-state index contributed by atoms with van der Waals surface area (Å²) in [6, 6.07) is 17.5. The highest BCUT2D eigenvalue weighted by Crippen LogP contribution is 2.33. The number of hydrogen-bond donors (Lipinski definition) is 1. The summed E-state index contributed by atoms with van der Waals surface area (Å²) in [5, 5.41) is 13.9. The lowest BCUT2D eigenvalue weighted by Crippen LogP contribution is -2.34. The molecule has 0 atom stereocenters. The van der Waals surface area contributed by atoms with Gasteiger partial charge in [0.15, 0.2) is 5.60 Å². The maximum absolute atomic E-state index is 13.5. The number of fused-ring (bicyclic) bond motifs is 1. The lowest BCUT2D eigenvalue weighted by Gasteiger charge is -2.18. The summed E-state index contributed by atoms with van der Waals surface area (Å²) in [6.07, 6.45) is -1.07. The Labute approximate surface area is 223 Å². The predicted molar refractivity (Wildman–Crippen MR) is 142 cm³/mol. The van der Waals surface area contributed by atoms with E-state index in [-0.39, 0.29) is 30.1 Å². The highest BCUT2D eigenvalue weighted by atomic mass is 19.4. The molecule has 39 heavy (non-hydrogen) atoms. The third-order valence-corrected chi connectivity index (χ3v) is 6.29. The molecule has 0 radical (unpaired) electrons. The average Bonchev–Trinajstić information content (AvgIpc) is 3.24. The number of aryl methyl sites for hydroxylation is 1. The van der Waals surface area contributed by atoms with E-state index in [0.717, 1.165) is 28.8 Å². The Balaban J connectivity index is 1.60. The molecule has 4 rings (SSSR count). The maximum atomic E-state index is 13.5. The summed E-state index contributed by atoms with van der Waals surface area (Å²) < 4.78 is 47.2. The van der Waals surface area contributed by atoms with Crippen LogP contribution in [0, 0.1) is 6.92 Å². The van der Waals surface area contributed by atoms with Gasteiger partial charge in [-0.05, 0) is 50.1 Å². The third-order valence-electron chi connectivity index (χ3n) is 6.29. The highest BCUT2D eigenvalue weighted by molar-refractivity contribution is 6.15. The Morgan fingerprint density at radius 3 is 2.28 bits per heavy atom. The van der Waals surface area contributed by atoms with Crippen LogP contribution >= 0.6 is 0 Å². The average molecular weight is 537 g/mol. The van der Waals surface area contributed by atoms with Gasteiger partial charge in [0.05, 0.1) is 24.2 Å². The molecule has 6 nitrogen and oxygen atoms in total. The van der Waals surface area contributed by atoms with E-state index in [2.05, 4.69) is 5.10 Å². The first kappa shape index (κ1) is 27.8. The molecule has 0 bridgehead atoms. The molecule has 0 saturated heterocycles. The number of ether oxygens (including phenoxy) is 1. The number of hydrogen-bond acceptors (Lipinski definition) is 4. The second-order valence-corrected chi connectivity index (χ2v) is 9.70. The van der Waals surface area contributed by atoms with Gasteiger partial charge in [-0.2, -0.15) is 18.3 Å². The van der Waals surface area contributed by atoms with E-state index in [4.69, 9.17) is 9.84 Å². The zero-order valence-corrected chi connectivity index (χ0v) is 21.6. The van der Waals surface area contributed by atoms with Crippen LogP contribution in [0.3, 0.4) is 0 Å². The number of aromatic nitrogens is 2. The number of carbonyl (C=O) groups excluding carboxylic acids is 1. The van der Waals surface area contributed by atoms with Gasteiger partial charge < -0.3 is 9.84 Å². The molecule has 0 saturated carbocycles. The molecule has 0 aliphatic carbocycles. The lowest BCUT2D eigenvalue weighted by molar-refractivity contribution is -0.159. The van der Waals surface area contributed by atoms with Crippen LogP contribution in [0.25, 0.3) is 17.0 Å². The van der Waals surface area contributed by atoms with Crippen LogP contribution in [0.4, 0.5) is 13.2 Å². The standard InChI is InChI=1S/C30H27F3N2O4/c1-19-6-12-22(13-7-19)27(36)26-24-15-14-23(30(31,32)33)17-25(24)35(34-26)18-21-10-8-20(9-11-21)5-4-16-39-29(2,3)28(37)38/h4-15,17H,16,18H2,1-3H3,(H,37,38)/b5-4+. The van der Waals surface area contributed by atoms with Gasteiger partial charge >= 0.3 is 12.1 Å². The minimum absolute atomic E-state index is 0.0893. The zero-order chi connectivity index (χ0) is 28.4. The van der Waals surface area contributed by atoms with Gasteiger partial charge in [-0.1, -0.05) is 66.2 Å². The van der Waals surface area contributed by atoms with E-state index < -0.39 is 23.3 Å². The molecule has 0 aliphatic heterocycles. The molecule has 0 unspecified atom stereocenters. The Hall–Kier alpha value is -4.24. The van der Waals surface area contributed by atoms with Gasteiger partial charge in [-0.15, -0.1) is 0 Å². The minimum Gasteiger partial charge on any atom is -0.479 e. The highest BCUT2D eigenvalue weighted by Gasteiger charge is 2.32. The number of halogens is 3. The molecular weight excluding hydrogens is 509 g/mol. The summed E-state index contributed by atoms with van der Waals surface area (Å²) in [4.78, 5) is 24.4. The number of carboxylic acid groups (broad SMARTS) is 1. The van der Waals surface area contributed by atoms with Crippen molar-refractivity contribution in [3.63, 3.8) is 0 Å². The van der Waals surface area contributed by atoms with Crippen molar-refractivity contribution < 1.29 is 32.6 Å². The molecular formula is C30H27F3N2O4. The van der Waals surface area contributed by atoms with Crippen molar-refractivity contribution in [3.05, 3.63) is 106 Å². The van der Waals surface area contributed by atoms with Crippen molar-refractivity contribution in [3.8, 4) is 0 Å². The maximum Gasteiger partial charge on any atom is 0.416 e. The van der Waals surface area contributed by atoms with Crippen molar-refractivity contribution in [1.29, 1.82) is 0 Å². The van der Waals surface area contributed by atoms with E-state index in [1.54, 1.807) is 36.4 Å². The van der Waals surface area contributed by atoms with Gasteiger partial charge in [0.25, 0.3) is 0 Å². The third kappa shape index (κ3) is 6.43. The fourth-order valence-electron chi connectivity index (χ4n) is 3.89. The molecule has 4 aromatic rings. The molecule has 1 aromatic heterocycles. The SMILES string of the molecule is Cc1ccc(C(=O)c2nn(Cc3ccc(/C=C/COC(C)(C)C(=O)O)cc3)c3cc(C(F)(F)F)ccc23)cc1. The van der Waals surface area contributed by atoms with Crippen LogP contribution in [-0.2, 0) is 22.3 Å². The number of alkyl halides is 3. The summed E-state index contributed by atoms with van der Waals surface area (Å²) in [7, 11) is 0. The zero-order valence-electron chi connectivity index (χ0n) is 21.6. The van der Waals surface area contributed by atoms with Gasteiger partial charge in [0, 0.05) is 10.9 Å². The second-order valence-electron chi connectivity index (χ2n) is 9.70. The first-order chi connectivity index (χ1) is 18.3. The van der Waals surface area contributed by atoms with Crippen molar-refractivity contribution in [1.82, 2.24) is 9.78 Å². The summed E-state index contributed by atoms with van der Waals surface area (Å²) in [6.45, 7) is 5.09. The number of rotatable bonds is 9. The Kier molecular flexibility index (Phi) is 7.74. The summed E-state index contributed by atoms with van der Waals surface area (Å²) in [5.74, 6) is -1.43. The van der Waals surface area contributed by atoms with E-state index in [9.17, 15) is 22.8 Å². The number of carboxylic acids is 1. The predicted octanol–water partition coefficient (Wildman–Crippen LogP) is 6.54. The molecule has 9 heteroatoms. The number of carbonyl (C=O) groups is 2. The van der Waals surface area contributed by atoms with Crippen LogP contribution in [0.1, 0.15) is 52.2 Å². The van der Waals surface area contributed by atoms with Crippen LogP contribution < -0.4 is 0 Å². The van der Waals surface area contributed by atoms with Crippen molar-refractivity contribution in [2.75, 3.05) is 6.61 Å². The number of nitrogens with zero attached hydrogens (tertiary/aromatic N) is 2. The fourth-order valence-corrected chi connectivity index (χ4v) is 3.89. The first-order valence-electron chi connectivity index (χ1n) is 12.2. The number of benzene rings is 3. The molecule has 1 heterocycles. The van der Waals surface area contributed by atoms with E-state index in [0.29, 0.717) is 10.9 Å². The molecule has 0 spiro atoms. The Bertz CT molecular complexity index is 1530. The van der Waals surface area contributed by atoms with E-state index in [1.165, 1.54) is 24.6 Å². The quantitative estimate of drug-likeness (QED) is 0.246. The second kappa shape index (κ2) is 10.9. The topological polar surface area (TPSA) is 81.4 Å². The van der Waals surface area contributed by atoms with Gasteiger partial charge in [0.2, 0.25) is 5.78 Å². The van der Waals surface area contributed by atoms with Crippen molar-refractivity contribution in [2.45, 2.75) is 39.1 Å². The normalized spacial score (nSPS) is 12.4. The molecule has 0 aliphatic rings. The largest absolute Gasteiger partial charge is 0.479 e. The van der Waals surface area contributed by atoms with Gasteiger partial charge in [-0.3, -0.25) is 9.48 Å². The van der Waals surface area contributed by atoms with Crippen LogP contribution in [-0.4, -0.2) is 38.8 Å². The van der Waals surface area contributed by atoms with Crippen LogP contribution in [0.15, 0.2) is 72.8 Å². The fraction of sp³-hybridized carbons (Fsp3) is 0.233. The molecule has 0 amide bonds. The van der Waals surface area contributed by atoms with E-state index >= 15 is 0 Å². The number of aliphatic carboxylic acids is 1. The number of ketones is 1. The minimum atomic E-state index is -4.54.